The third-order valence-corrected chi connectivity index (χ3v) is 3.61. The maximum atomic E-state index is 12.4. The maximum absolute atomic E-state index is 12.4. The van der Waals surface area contributed by atoms with Gasteiger partial charge in [-0.3, -0.25) is 4.79 Å². The number of carboxylic acid groups (broad SMARTS) is 1. The van der Waals surface area contributed by atoms with Gasteiger partial charge < -0.3 is 15.0 Å². The first-order chi connectivity index (χ1) is 10.3. The summed E-state index contributed by atoms with van der Waals surface area (Å²) in [5, 5.41) is 11.7. The summed E-state index contributed by atoms with van der Waals surface area (Å²) in [7, 11) is 0. The molecular weight excluding hydrogens is 280 g/mol. The summed E-state index contributed by atoms with van der Waals surface area (Å²) in [6, 6.07) is 8.34. The zero-order valence-electron chi connectivity index (χ0n) is 13.2. The third kappa shape index (κ3) is 3.03. The van der Waals surface area contributed by atoms with Crippen molar-refractivity contribution >= 4 is 17.6 Å². The minimum Gasteiger partial charge on any atom is -0.478 e. The molecule has 0 unspecified atom stereocenters. The van der Waals surface area contributed by atoms with Crippen LogP contribution in [-0.2, 0) is 0 Å². The number of carboxylic acids is 1. The van der Waals surface area contributed by atoms with Crippen molar-refractivity contribution in [3.05, 3.63) is 52.8 Å². The Bertz CT molecular complexity index is 730. The number of hydrogen-bond donors (Lipinski definition) is 2. The Labute approximate surface area is 129 Å². The number of amides is 1. The molecule has 0 aliphatic rings. The zero-order valence-corrected chi connectivity index (χ0v) is 13.2. The van der Waals surface area contributed by atoms with Gasteiger partial charge in [0.05, 0.1) is 11.1 Å². The molecule has 1 heterocycles. The number of anilines is 1. The van der Waals surface area contributed by atoms with E-state index >= 15 is 0 Å². The van der Waals surface area contributed by atoms with Gasteiger partial charge in [-0.1, -0.05) is 6.07 Å². The molecule has 22 heavy (non-hydrogen) atoms. The summed E-state index contributed by atoms with van der Waals surface area (Å²) in [5.41, 5.74) is 3.15. The molecule has 0 bridgehead atoms. The molecule has 0 saturated heterocycles. The fourth-order valence-electron chi connectivity index (χ4n) is 2.73. The van der Waals surface area contributed by atoms with Crippen molar-refractivity contribution in [3.63, 3.8) is 0 Å². The Kier molecular flexibility index (Phi) is 4.35. The SMILES string of the molecule is Cc1cc(C(=O)Nc2cccc(C(=O)O)c2)c(C)n1C(C)C. The van der Waals surface area contributed by atoms with Gasteiger partial charge in [0.25, 0.3) is 5.91 Å². The molecule has 116 valence electrons. The van der Waals surface area contributed by atoms with Gasteiger partial charge in [0.15, 0.2) is 0 Å². The third-order valence-electron chi connectivity index (χ3n) is 3.61. The van der Waals surface area contributed by atoms with E-state index in [1.54, 1.807) is 12.1 Å². The summed E-state index contributed by atoms with van der Waals surface area (Å²) in [6.07, 6.45) is 0. The van der Waals surface area contributed by atoms with Crippen LogP contribution in [0, 0.1) is 13.8 Å². The molecule has 0 atom stereocenters. The van der Waals surface area contributed by atoms with Crippen molar-refractivity contribution in [2.24, 2.45) is 0 Å². The Morgan fingerprint density at radius 3 is 2.41 bits per heavy atom. The summed E-state index contributed by atoms with van der Waals surface area (Å²) >= 11 is 0. The van der Waals surface area contributed by atoms with Crippen LogP contribution in [0.25, 0.3) is 0 Å². The maximum Gasteiger partial charge on any atom is 0.335 e. The lowest BCUT2D eigenvalue weighted by atomic mass is 10.2. The molecule has 0 aliphatic carbocycles. The quantitative estimate of drug-likeness (QED) is 0.905. The van der Waals surface area contributed by atoms with E-state index in [4.69, 9.17) is 5.11 Å². The van der Waals surface area contributed by atoms with E-state index in [0.29, 0.717) is 11.3 Å². The first-order valence-electron chi connectivity index (χ1n) is 7.14. The summed E-state index contributed by atoms with van der Waals surface area (Å²) in [4.78, 5) is 23.4. The van der Waals surface area contributed by atoms with Gasteiger partial charge in [-0.25, -0.2) is 4.79 Å². The molecule has 2 aromatic rings. The summed E-state index contributed by atoms with van der Waals surface area (Å²) < 4.78 is 2.10. The average molecular weight is 300 g/mol. The second-order valence-electron chi connectivity index (χ2n) is 5.59. The van der Waals surface area contributed by atoms with Gasteiger partial charge in [-0.05, 0) is 52.0 Å². The van der Waals surface area contributed by atoms with Crippen molar-refractivity contribution in [1.29, 1.82) is 0 Å². The highest BCUT2D eigenvalue weighted by molar-refractivity contribution is 6.05. The highest BCUT2D eigenvalue weighted by Gasteiger charge is 2.17. The topological polar surface area (TPSA) is 71.3 Å². The first kappa shape index (κ1) is 15.8. The van der Waals surface area contributed by atoms with Gasteiger partial charge in [0, 0.05) is 23.1 Å². The van der Waals surface area contributed by atoms with Crippen LogP contribution in [0.15, 0.2) is 30.3 Å². The minimum absolute atomic E-state index is 0.144. The predicted octanol–water partition coefficient (Wildman–Crippen LogP) is 3.64. The monoisotopic (exact) mass is 300 g/mol. The second-order valence-corrected chi connectivity index (χ2v) is 5.59. The van der Waals surface area contributed by atoms with Gasteiger partial charge in [-0.15, -0.1) is 0 Å². The molecule has 2 N–H and O–H groups in total. The number of nitrogens with zero attached hydrogens (tertiary/aromatic N) is 1. The minimum atomic E-state index is -1.02. The van der Waals surface area contributed by atoms with E-state index in [1.807, 2.05) is 19.9 Å². The van der Waals surface area contributed by atoms with Crippen LogP contribution in [0.2, 0.25) is 0 Å². The van der Waals surface area contributed by atoms with Gasteiger partial charge in [0.2, 0.25) is 0 Å². The van der Waals surface area contributed by atoms with Crippen molar-refractivity contribution < 1.29 is 14.7 Å². The lowest BCUT2D eigenvalue weighted by Gasteiger charge is -2.13. The molecule has 0 aliphatic heterocycles. The number of nitrogens with one attached hydrogen (secondary N) is 1. The number of aromatic carboxylic acids is 1. The Hall–Kier alpha value is -2.56. The summed E-state index contributed by atoms with van der Waals surface area (Å²) in [5.74, 6) is -1.25. The molecule has 0 spiro atoms. The highest BCUT2D eigenvalue weighted by atomic mass is 16.4. The van der Waals surface area contributed by atoms with Crippen LogP contribution in [-0.4, -0.2) is 21.6 Å². The molecule has 5 nitrogen and oxygen atoms in total. The van der Waals surface area contributed by atoms with Crippen molar-refractivity contribution in [3.8, 4) is 0 Å². The fourth-order valence-corrected chi connectivity index (χ4v) is 2.73. The van der Waals surface area contributed by atoms with Crippen molar-refractivity contribution in [2.45, 2.75) is 33.7 Å². The van der Waals surface area contributed by atoms with E-state index in [-0.39, 0.29) is 17.5 Å². The van der Waals surface area contributed by atoms with Crippen LogP contribution in [0.3, 0.4) is 0 Å². The van der Waals surface area contributed by atoms with Crippen molar-refractivity contribution in [2.75, 3.05) is 5.32 Å². The smallest absolute Gasteiger partial charge is 0.335 e. The molecule has 0 saturated carbocycles. The van der Waals surface area contributed by atoms with Gasteiger partial charge >= 0.3 is 5.97 Å². The zero-order chi connectivity index (χ0) is 16.4. The number of carbonyl (C=O) groups is 2. The van der Waals surface area contributed by atoms with Crippen molar-refractivity contribution in [1.82, 2.24) is 4.57 Å². The Balaban J connectivity index is 2.28. The number of benzene rings is 1. The van der Waals surface area contributed by atoms with Gasteiger partial charge in [-0.2, -0.15) is 0 Å². The van der Waals surface area contributed by atoms with Gasteiger partial charge in [0.1, 0.15) is 0 Å². The van der Waals surface area contributed by atoms with Crippen LogP contribution in [0.4, 0.5) is 5.69 Å². The Morgan fingerprint density at radius 2 is 1.86 bits per heavy atom. The molecule has 1 aromatic carbocycles. The normalized spacial score (nSPS) is 10.8. The molecule has 5 heteroatoms. The van der Waals surface area contributed by atoms with Crippen LogP contribution in [0.1, 0.15) is 52.0 Å². The largest absolute Gasteiger partial charge is 0.478 e. The molecule has 0 fully saturated rings. The first-order valence-corrected chi connectivity index (χ1v) is 7.14. The second kappa shape index (κ2) is 6.05. The number of rotatable bonds is 4. The van der Waals surface area contributed by atoms with E-state index in [1.165, 1.54) is 12.1 Å². The summed E-state index contributed by atoms with van der Waals surface area (Å²) in [6.45, 7) is 8.01. The Morgan fingerprint density at radius 1 is 1.18 bits per heavy atom. The number of aryl methyl sites for hydroxylation is 1. The lowest BCUT2D eigenvalue weighted by Crippen LogP contribution is -2.14. The molecular formula is C17H20N2O3. The van der Waals surface area contributed by atoms with E-state index in [0.717, 1.165) is 11.4 Å². The number of hydrogen-bond acceptors (Lipinski definition) is 2. The van der Waals surface area contributed by atoms with Crippen LogP contribution < -0.4 is 5.32 Å². The van der Waals surface area contributed by atoms with E-state index in [2.05, 4.69) is 23.7 Å². The van der Waals surface area contributed by atoms with Crippen LogP contribution in [0.5, 0.6) is 0 Å². The standard InChI is InChI=1S/C17H20N2O3/c1-10(2)19-11(3)8-15(12(19)4)16(20)18-14-7-5-6-13(9-14)17(21)22/h5-10H,1-4H3,(H,18,20)(H,21,22). The molecule has 1 amide bonds. The lowest BCUT2D eigenvalue weighted by molar-refractivity contribution is 0.0696. The highest BCUT2D eigenvalue weighted by Crippen LogP contribution is 2.21. The molecule has 1 aromatic heterocycles. The van der Waals surface area contributed by atoms with E-state index in [9.17, 15) is 9.59 Å². The number of carbonyl (C=O) groups excluding carboxylic acids is 1. The average Bonchev–Trinajstić information content (AvgIpc) is 2.74. The van der Waals surface area contributed by atoms with E-state index < -0.39 is 5.97 Å². The van der Waals surface area contributed by atoms with Crippen LogP contribution >= 0.6 is 0 Å². The number of aromatic nitrogens is 1. The molecule has 2 rings (SSSR count). The predicted molar refractivity (Wildman–Crippen MR) is 85.6 cm³/mol. The fraction of sp³-hybridized carbons (Fsp3) is 0.294. The molecule has 0 radical (unpaired) electrons.